The first-order valence-electron chi connectivity index (χ1n) is 8.62. The van der Waals surface area contributed by atoms with E-state index in [-0.39, 0.29) is 17.7 Å². The van der Waals surface area contributed by atoms with Crippen molar-refractivity contribution in [3.63, 3.8) is 0 Å². The number of nitrogens with zero attached hydrogens (tertiary/aromatic N) is 5. The van der Waals surface area contributed by atoms with Gasteiger partial charge in [-0.15, -0.1) is 22.7 Å². The van der Waals surface area contributed by atoms with Gasteiger partial charge in [0.2, 0.25) is 0 Å². The molecule has 4 aromatic heterocycles. The van der Waals surface area contributed by atoms with Crippen LogP contribution in [0, 0.1) is 6.92 Å². The second kappa shape index (κ2) is 8.53. The van der Waals surface area contributed by atoms with Gasteiger partial charge in [0.05, 0.1) is 23.4 Å². The Balaban J connectivity index is 0.000000169. The van der Waals surface area contributed by atoms with Crippen molar-refractivity contribution in [2.24, 2.45) is 14.1 Å². The first kappa shape index (κ1) is 20.7. The number of aryl methyl sites for hydroxylation is 2. The maximum Gasteiger partial charge on any atom is 0.332 e. The Labute approximate surface area is 173 Å². The molecule has 4 aromatic rings. The van der Waals surface area contributed by atoms with E-state index in [9.17, 15) is 14.4 Å². The average Bonchev–Trinajstić information content (AvgIpc) is 3.44. The van der Waals surface area contributed by atoms with Crippen LogP contribution in [0.15, 0.2) is 33.4 Å². The van der Waals surface area contributed by atoms with E-state index >= 15 is 0 Å². The predicted octanol–water partition coefficient (Wildman–Crippen LogP) is 1.85. The van der Waals surface area contributed by atoms with Gasteiger partial charge in [0.1, 0.15) is 6.29 Å². The van der Waals surface area contributed by atoms with Crippen molar-refractivity contribution in [2.75, 3.05) is 12.4 Å². The third kappa shape index (κ3) is 4.05. The highest BCUT2D eigenvalue weighted by Gasteiger charge is 2.13. The highest BCUT2D eigenvalue weighted by molar-refractivity contribution is 7.16. The van der Waals surface area contributed by atoms with E-state index in [1.54, 1.807) is 22.7 Å². The Kier molecular flexibility index (Phi) is 6.09. The highest BCUT2D eigenvalue weighted by atomic mass is 32.1. The van der Waals surface area contributed by atoms with Gasteiger partial charge < -0.3 is 14.7 Å². The number of hydrogen-bond donors (Lipinski definition) is 1. The molecule has 0 bridgehead atoms. The third-order valence-corrected chi connectivity index (χ3v) is 6.08. The van der Waals surface area contributed by atoms with E-state index in [2.05, 4.69) is 39.7 Å². The molecule has 0 amide bonds. The number of rotatable bonds is 4. The van der Waals surface area contributed by atoms with E-state index in [1.165, 1.54) is 39.3 Å². The minimum Gasteiger partial charge on any atom is -0.365 e. The molecule has 29 heavy (non-hydrogen) atoms. The molecule has 0 atom stereocenters. The van der Waals surface area contributed by atoms with Gasteiger partial charge in [-0.1, -0.05) is 0 Å². The maximum absolute atomic E-state index is 11.8. The number of thiophene rings is 1. The molecule has 0 aliphatic carbocycles. The fourth-order valence-electron chi connectivity index (χ4n) is 2.69. The number of aldehydes is 1. The van der Waals surface area contributed by atoms with Crippen LogP contribution in [-0.2, 0) is 25.4 Å². The number of nitrogens with one attached hydrogen (secondary N) is 1. The molecule has 4 rings (SSSR count). The van der Waals surface area contributed by atoms with Gasteiger partial charge in [0, 0.05) is 31.4 Å². The van der Waals surface area contributed by atoms with Crippen molar-refractivity contribution in [1.82, 2.24) is 23.7 Å². The molecule has 0 saturated carbocycles. The van der Waals surface area contributed by atoms with Crippen molar-refractivity contribution in [3.8, 4) is 10.6 Å². The van der Waals surface area contributed by atoms with E-state index in [0.29, 0.717) is 6.29 Å². The summed E-state index contributed by atoms with van der Waals surface area (Å²) < 4.78 is 3.69. The van der Waals surface area contributed by atoms with Gasteiger partial charge in [-0.25, -0.2) is 14.8 Å². The summed E-state index contributed by atoms with van der Waals surface area (Å²) in [6.45, 7) is 2.16. The Hall–Kier alpha value is -3.05. The smallest absolute Gasteiger partial charge is 0.332 e. The molecular weight excluding hydrogens is 412 g/mol. The number of carbonyl (C=O) groups excluding carboxylic acids is 1. The summed E-state index contributed by atoms with van der Waals surface area (Å²) in [5, 5.41) is 6.09. The first-order chi connectivity index (χ1) is 13.9. The van der Waals surface area contributed by atoms with E-state index in [4.69, 9.17) is 0 Å². The standard InChI is InChI=1S/C9H10N4O3.C9H10N2S2/c1-11-7-6(8(15)12(2)9(11)16)13(3-4-14)5-10-7;1-6-3-4-8(13-6)7-5-12-9(10-2)11-7/h4-5H,3H2,1-2H3;3-5H,1-2H3,(H,10,11). The molecule has 0 unspecified atom stereocenters. The number of imidazole rings is 1. The van der Waals surface area contributed by atoms with Crippen molar-refractivity contribution in [1.29, 1.82) is 0 Å². The number of aromatic nitrogens is 5. The largest absolute Gasteiger partial charge is 0.365 e. The lowest BCUT2D eigenvalue weighted by Gasteiger charge is -2.03. The molecule has 4 heterocycles. The SMILES string of the molecule is CNc1nc(-c2ccc(C)s2)cs1.Cn1c(=O)c2c(ncn2CC=O)n(C)c1=O. The van der Waals surface area contributed by atoms with Gasteiger partial charge in [0.15, 0.2) is 16.3 Å². The summed E-state index contributed by atoms with van der Waals surface area (Å²) in [4.78, 5) is 44.8. The van der Waals surface area contributed by atoms with Gasteiger partial charge >= 0.3 is 5.69 Å². The number of carbonyl (C=O) groups is 1. The molecule has 0 aromatic carbocycles. The molecule has 9 nitrogen and oxygen atoms in total. The second-order valence-electron chi connectivity index (χ2n) is 6.14. The van der Waals surface area contributed by atoms with Crippen LogP contribution in [-0.4, -0.2) is 37.0 Å². The molecule has 0 spiro atoms. The molecule has 152 valence electrons. The number of hydrogen-bond acceptors (Lipinski definition) is 8. The summed E-state index contributed by atoms with van der Waals surface area (Å²) >= 11 is 3.42. The van der Waals surface area contributed by atoms with Gasteiger partial charge in [-0.3, -0.25) is 13.9 Å². The van der Waals surface area contributed by atoms with Gasteiger partial charge in [-0.2, -0.15) is 0 Å². The normalized spacial score (nSPS) is 10.6. The quantitative estimate of drug-likeness (QED) is 0.494. The summed E-state index contributed by atoms with van der Waals surface area (Å²) in [5.74, 6) is 0. The van der Waals surface area contributed by atoms with Crippen LogP contribution < -0.4 is 16.6 Å². The number of anilines is 1. The van der Waals surface area contributed by atoms with Crippen molar-refractivity contribution >= 4 is 45.3 Å². The third-order valence-electron chi connectivity index (χ3n) is 4.20. The fourth-order valence-corrected chi connectivity index (χ4v) is 4.26. The summed E-state index contributed by atoms with van der Waals surface area (Å²) in [6.07, 6.45) is 2.05. The van der Waals surface area contributed by atoms with Gasteiger partial charge in [0.25, 0.3) is 5.56 Å². The predicted molar refractivity (Wildman–Crippen MR) is 116 cm³/mol. The molecule has 0 aliphatic rings. The second-order valence-corrected chi connectivity index (χ2v) is 8.29. The number of fused-ring (bicyclic) bond motifs is 1. The molecule has 0 saturated heterocycles. The van der Waals surface area contributed by atoms with Crippen molar-refractivity contribution < 1.29 is 4.79 Å². The van der Waals surface area contributed by atoms with Gasteiger partial charge in [-0.05, 0) is 19.1 Å². The lowest BCUT2D eigenvalue weighted by molar-refractivity contribution is -0.108. The average molecular weight is 433 g/mol. The zero-order valence-electron chi connectivity index (χ0n) is 16.4. The van der Waals surface area contributed by atoms with E-state index in [0.717, 1.165) is 15.4 Å². The molecule has 0 radical (unpaired) electrons. The van der Waals surface area contributed by atoms with Crippen LogP contribution in [0.4, 0.5) is 5.13 Å². The van der Waals surface area contributed by atoms with Crippen molar-refractivity contribution in [3.05, 3.63) is 49.6 Å². The Morgan fingerprint density at radius 1 is 1.21 bits per heavy atom. The molecular formula is C18H20N6O3S2. The molecule has 0 aliphatic heterocycles. The maximum atomic E-state index is 11.8. The van der Waals surface area contributed by atoms with Crippen LogP contribution in [0.2, 0.25) is 0 Å². The Morgan fingerprint density at radius 2 is 1.97 bits per heavy atom. The molecule has 1 N–H and O–H groups in total. The zero-order chi connectivity index (χ0) is 21.1. The van der Waals surface area contributed by atoms with E-state index < -0.39 is 11.2 Å². The summed E-state index contributed by atoms with van der Waals surface area (Å²) in [6, 6.07) is 4.24. The van der Waals surface area contributed by atoms with Crippen LogP contribution in [0.5, 0.6) is 0 Å². The first-order valence-corrected chi connectivity index (χ1v) is 10.3. The zero-order valence-corrected chi connectivity index (χ0v) is 18.0. The monoisotopic (exact) mass is 432 g/mol. The lowest BCUT2D eigenvalue weighted by Crippen LogP contribution is -2.37. The van der Waals surface area contributed by atoms with Crippen LogP contribution in [0.1, 0.15) is 4.88 Å². The minimum atomic E-state index is -0.447. The summed E-state index contributed by atoms with van der Waals surface area (Å²) in [7, 11) is 4.81. The highest BCUT2D eigenvalue weighted by Crippen LogP contribution is 2.29. The topological polar surface area (TPSA) is 104 Å². The fraction of sp³-hybridized carbons (Fsp3) is 0.278. The van der Waals surface area contributed by atoms with Crippen LogP contribution >= 0.6 is 22.7 Å². The minimum absolute atomic E-state index is 0.0456. The van der Waals surface area contributed by atoms with Crippen LogP contribution in [0.3, 0.4) is 0 Å². The number of thiazole rings is 1. The summed E-state index contributed by atoms with van der Waals surface area (Å²) in [5.41, 5.74) is 0.741. The molecule has 11 heteroatoms. The van der Waals surface area contributed by atoms with E-state index in [1.807, 2.05) is 7.05 Å². The van der Waals surface area contributed by atoms with Crippen molar-refractivity contribution in [2.45, 2.75) is 13.5 Å². The lowest BCUT2D eigenvalue weighted by atomic mass is 10.4. The Morgan fingerprint density at radius 3 is 2.55 bits per heavy atom. The molecule has 0 fully saturated rings. The Bertz CT molecular complexity index is 1280. The van der Waals surface area contributed by atoms with Crippen LogP contribution in [0.25, 0.3) is 21.7 Å².